The average molecular weight is 240 g/mol. The Morgan fingerprint density at radius 2 is 2.06 bits per heavy atom. The fourth-order valence-electron chi connectivity index (χ4n) is 1.98. The molecule has 2 N–H and O–H groups in total. The number of pyridine rings is 1. The van der Waals surface area contributed by atoms with Crippen molar-refractivity contribution in [1.29, 1.82) is 0 Å². The van der Waals surface area contributed by atoms with E-state index in [2.05, 4.69) is 30.1 Å². The van der Waals surface area contributed by atoms with Gasteiger partial charge in [-0.25, -0.2) is 4.98 Å². The molecular formula is C14H12N2S. The number of thiophene rings is 1. The van der Waals surface area contributed by atoms with Crippen LogP contribution in [0.15, 0.2) is 41.9 Å². The normalized spacial score (nSPS) is 10.9. The van der Waals surface area contributed by atoms with Gasteiger partial charge < -0.3 is 5.73 Å². The van der Waals surface area contributed by atoms with Gasteiger partial charge in [-0.3, -0.25) is 0 Å². The number of hydrogen-bond donors (Lipinski definition) is 1. The van der Waals surface area contributed by atoms with Crippen LogP contribution >= 0.6 is 11.3 Å². The minimum absolute atomic E-state index is 0.813. The first-order chi connectivity index (χ1) is 8.25. The van der Waals surface area contributed by atoms with Gasteiger partial charge in [0.2, 0.25) is 0 Å². The van der Waals surface area contributed by atoms with Crippen LogP contribution in [0.4, 0.5) is 5.69 Å². The predicted octanol–water partition coefficient (Wildman–Crippen LogP) is 3.85. The highest BCUT2D eigenvalue weighted by Gasteiger charge is 2.06. The van der Waals surface area contributed by atoms with Crippen molar-refractivity contribution in [1.82, 2.24) is 4.98 Å². The third-order valence-corrected chi connectivity index (χ3v) is 3.84. The summed E-state index contributed by atoms with van der Waals surface area (Å²) in [5.41, 5.74) is 10.3. The van der Waals surface area contributed by atoms with Gasteiger partial charge in [0.1, 0.15) is 4.83 Å². The minimum Gasteiger partial charge on any atom is -0.398 e. The van der Waals surface area contributed by atoms with E-state index < -0.39 is 0 Å². The fraction of sp³-hybridized carbons (Fsp3) is 0.0714. The van der Waals surface area contributed by atoms with Crippen LogP contribution in [0.5, 0.6) is 0 Å². The molecule has 17 heavy (non-hydrogen) atoms. The average Bonchev–Trinajstić information content (AvgIpc) is 2.71. The smallest absolute Gasteiger partial charge is 0.125 e. The molecule has 84 valence electrons. The lowest BCUT2D eigenvalue weighted by atomic mass is 10.0. The molecule has 3 rings (SSSR count). The molecule has 0 bridgehead atoms. The number of aryl methyl sites for hydroxylation is 1. The SMILES string of the molecule is Cc1ccccc1-c1cnc2scc(N)c2c1. The van der Waals surface area contributed by atoms with E-state index in [9.17, 15) is 0 Å². The molecule has 3 heteroatoms. The Morgan fingerprint density at radius 3 is 2.88 bits per heavy atom. The Balaban J connectivity index is 2.24. The lowest BCUT2D eigenvalue weighted by molar-refractivity contribution is 1.41. The van der Waals surface area contributed by atoms with E-state index >= 15 is 0 Å². The van der Waals surface area contributed by atoms with Crippen molar-refractivity contribution in [2.75, 3.05) is 5.73 Å². The molecule has 0 spiro atoms. The first-order valence-corrected chi connectivity index (χ1v) is 6.32. The van der Waals surface area contributed by atoms with Crippen LogP contribution in [-0.2, 0) is 0 Å². The molecule has 0 aliphatic carbocycles. The molecule has 0 atom stereocenters. The van der Waals surface area contributed by atoms with E-state index in [1.807, 2.05) is 23.7 Å². The van der Waals surface area contributed by atoms with Gasteiger partial charge in [-0.1, -0.05) is 24.3 Å². The molecule has 0 radical (unpaired) electrons. The van der Waals surface area contributed by atoms with Crippen molar-refractivity contribution < 1.29 is 0 Å². The summed E-state index contributed by atoms with van der Waals surface area (Å²) in [5.74, 6) is 0. The van der Waals surface area contributed by atoms with E-state index in [0.717, 1.165) is 21.5 Å². The van der Waals surface area contributed by atoms with Crippen molar-refractivity contribution in [3.8, 4) is 11.1 Å². The van der Waals surface area contributed by atoms with Crippen molar-refractivity contribution in [2.24, 2.45) is 0 Å². The zero-order chi connectivity index (χ0) is 11.8. The van der Waals surface area contributed by atoms with Crippen LogP contribution in [0, 0.1) is 6.92 Å². The number of rotatable bonds is 1. The lowest BCUT2D eigenvalue weighted by Crippen LogP contribution is -1.86. The summed E-state index contributed by atoms with van der Waals surface area (Å²) in [6, 6.07) is 10.4. The number of nitrogen functional groups attached to an aromatic ring is 1. The molecule has 0 saturated heterocycles. The van der Waals surface area contributed by atoms with Gasteiger partial charge in [0, 0.05) is 22.5 Å². The van der Waals surface area contributed by atoms with Gasteiger partial charge in [0.05, 0.1) is 5.69 Å². The Kier molecular flexibility index (Phi) is 2.34. The van der Waals surface area contributed by atoms with Gasteiger partial charge in [0.15, 0.2) is 0 Å². The van der Waals surface area contributed by atoms with Gasteiger partial charge in [0.25, 0.3) is 0 Å². The van der Waals surface area contributed by atoms with Gasteiger partial charge in [-0.05, 0) is 24.1 Å². The minimum atomic E-state index is 0.813. The third kappa shape index (κ3) is 1.68. The van der Waals surface area contributed by atoms with Crippen LogP contribution in [0.25, 0.3) is 21.3 Å². The number of aromatic nitrogens is 1. The Labute approximate surface area is 104 Å². The number of fused-ring (bicyclic) bond motifs is 1. The molecule has 3 aromatic rings. The molecule has 0 aliphatic heterocycles. The molecule has 2 heterocycles. The molecule has 0 saturated carbocycles. The van der Waals surface area contributed by atoms with E-state index in [0.29, 0.717) is 0 Å². The first-order valence-electron chi connectivity index (χ1n) is 5.44. The van der Waals surface area contributed by atoms with E-state index in [4.69, 9.17) is 5.73 Å². The lowest BCUT2D eigenvalue weighted by Gasteiger charge is -2.05. The maximum absolute atomic E-state index is 5.93. The molecular weight excluding hydrogens is 228 g/mol. The van der Waals surface area contributed by atoms with Crippen LogP contribution < -0.4 is 5.73 Å². The number of benzene rings is 1. The number of nitrogens with two attached hydrogens (primary N) is 1. The van der Waals surface area contributed by atoms with Crippen LogP contribution in [0.2, 0.25) is 0 Å². The second-order valence-corrected chi connectivity index (χ2v) is 4.94. The van der Waals surface area contributed by atoms with Crippen molar-refractivity contribution >= 4 is 27.2 Å². The summed E-state index contributed by atoms with van der Waals surface area (Å²) in [4.78, 5) is 5.46. The zero-order valence-corrected chi connectivity index (χ0v) is 10.3. The Bertz CT molecular complexity index is 686. The largest absolute Gasteiger partial charge is 0.398 e. The van der Waals surface area contributed by atoms with E-state index in [1.165, 1.54) is 11.1 Å². The second kappa shape index (κ2) is 3.86. The summed E-state index contributed by atoms with van der Waals surface area (Å²) in [5, 5.41) is 3.00. The molecule has 2 nitrogen and oxygen atoms in total. The fourth-order valence-corrected chi connectivity index (χ4v) is 2.76. The Morgan fingerprint density at radius 1 is 1.24 bits per heavy atom. The molecule has 0 aliphatic rings. The number of nitrogens with zero attached hydrogens (tertiary/aromatic N) is 1. The highest BCUT2D eigenvalue weighted by atomic mass is 32.1. The number of anilines is 1. The summed E-state index contributed by atoms with van der Waals surface area (Å²) < 4.78 is 0. The first kappa shape index (κ1) is 10.3. The highest BCUT2D eigenvalue weighted by molar-refractivity contribution is 7.17. The van der Waals surface area contributed by atoms with Crippen LogP contribution in [0.1, 0.15) is 5.56 Å². The quantitative estimate of drug-likeness (QED) is 0.701. The summed E-state index contributed by atoms with van der Waals surface area (Å²) >= 11 is 1.59. The van der Waals surface area contributed by atoms with E-state index in [1.54, 1.807) is 11.3 Å². The molecule has 2 aromatic heterocycles. The van der Waals surface area contributed by atoms with E-state index in [-0.39, 0.29) is 0 Å². The maximum atomic E-state index is 5.93. The summed E-state index contributed by atoms with van der Waals surface area (Å²) in [6.07, 6.45) is 1.92. The molecule has 0 unspecified atom stereocenters. The monoisotopic (exact) mass is 240 g/mol. The summed E-state index contributed by atoms with van der Waals surface area (Å²) in [7, 11) is 0. The topological polar surface area (TPSA) is 38.9 Å². The van der Waals surface area contributed by atoms with Crippen molar-refractivity contribution in [2.45, 2.75) is 6.92 Å². The molecule has 0 fully saturated rings. The van der Waals surface area contributed by atoms with Crippen molar-refractivity contribution in [3.05, 3.63) is 47.5 Å². The predicted molar refractivity (Wildman–Crippen MR) is 74.2 cm³/mol. The zero-order valence-electron chi connectivity index (χ0n) is 9.47. The number of hydrogen-bond acceptors (Lipinski definition) is 3. The van der Waals surface area contributed by atoms with Gasteiger partial charge >= 0.3 is 0 Å². The van der Waals surface area contributed by atoms with Crippen LogP contribution in [0.3, 0.4) is 0 Å². The van der Waals surface area contributed by atoms with Crippen molar-refractivity contribution in [3.63, 3.8) is 0 Å². The third-order valence-electron chi connectivity index (χ3n) is 2.92. The maximum Gasteiger partial charge on any atom is 0.125 e. The molecule has 0 amide bonds. The second-order valence-electron chi connectivity index (χ2n) is 4.08. The Hall–Kier alpha value is -1.87. The summed E-state index contributed by atoms with van der Waals surface area (Å²) in [6.45, 7) is 2.11. The van der Waals surface area contributed by atoms with Crippen LogP contribution in [-0.4, -0.2) is 4.98 Å². The highest BCUT2D eigenvalue weighted by Crippen LogP contribution is 2.31. The van der Waals surface area contributed by atoms with Gasteiger partial charge in [-0.15, -0.1) is 11.3 Å². The molecule has 1 aromatic carbocycles. The van der Waals surface area contributed by atoms with Gasteiger partial charge in [-0.2, -0.15) is 0 Å². The standard InChI is InChI=1S/C14H12N2S/c1-9-4-2-3-5-11(9)10-6-12-13(15)8-17-14(12)16-7-10/h2-8H,15H2,1H3.